The number of carboxylic acids is 1. The molecule has 5 rings (SSSR count). The summed E-state index contributed by atoms with van der Waals surface area (Å²) < 4.78 is 31.4. The molecular weight excluding hydrogens is 556 g/mol. The standard InChI is InChI=1S/C30H24ClF2N3O5/c1-16(37)22-14-35(25-10-9-17(30(40)41)11-21(22)25)15-27(38)36-13-18(32)12-26(36)29(39)34-24-8-4-6-20(28(24)33)19-5-2-3-7-23(19)31/h2-11,14,18,26H,12-13,15H2,1H3,(H,34,39)(H,40,41). The van der Waals surface area contributed by atoms with E-state index in [1.54, 1.807) is 30.3 Å². The van der Waals surface area contributed by atoms with Crippen molar-refractivity contribution >= 4 is 51.8 Å². The molecule has 0 bridgehead atoms. The third kappa shape index (κ3) is 5.43. The normalized spacial score (nSPS) is 16.6. The molecule has 2 N–H and O–H groups in total. The van der Waals surface area contributed by atoms with E-state index in [-0.39, 0.29) is 47.7 Å². The number of alkyl halides is 1. The van der Waals surface area contributed by atoms with Gasteiger partial charge < -0.3 is 19.9 Å². The number of benzene rings is 3. The zero-order valence-electron chi connectivity index (χ0n) is 21.7. The Bertz CT molecular complexity index is 1720. The number of Topliss-reactive ketones (excluding diaryl/α,β-unsaturated/α-hetero) is 1. The molecule has 2 unspecified atom stereocenters. The third-order valence-corrected chi connectivity index (χ3v) is 7.44. The number of fused-ring (bicyclic) bond motifs is 1. The van der Waals surface area contributed by atoms with Crippen LogP contribution in [-0.4, -0.2) is 56.9 Å². The van der Waals surface area contributed by atoms with Crippen LogP contribution >= 0.6 is 11.6 Å². The third-order valence-electron chi connectivity index (χ3n) is 7.11. The van der Waals surface area contributed by atoms with Gasteiger partial charge in [-0.15, -0.1) is 0 Å². The van der Waals surface area contributed by atoms with Gasteiger partial charge in [0.1, 0.15) is 18.8 Å². The molecule has 210 valence electrons. The van der Waals surface area contributed by atoms with Gasteiger partial charge in [-0.25, -0.2) is 13.6 Å². The van der Waals surface area contributed by atoms with Crippen molar-refractivity contribution in [2.24, 2.45) is 0 Å². The van der Waals surface area contributed by atoms with Crippen LogP contribution < -0.4 is 5.32 Å². The van der Waals surface area contributed by atoms with Gasteiger partial charge in [-0.3, -0.25) is 14.4 Å². The Labute approximate surface area is 238 Å². The Kier molecular flexibility index (Phi) is 7.59. The van der Waals surface area contributed by atoms with Gasteiger partial charge in [-0.1, -0.05) is 41.9 Å². The summed E-state index contributed by atoms with van der Waals surface area (Å²) in [4.78, 5) is 51.3. The predicted octanol–water partition coefficient (Wildman–Crippen LogP) is 5.58. The molecular formula is C30H24ClF2N3O5. The second-order valence-corrected chi connectivity index (χ2v) is 10.2. The average Bonchev–Trinajstić information content (AvgIpc) is 3.51. The number of ketones is 1. The number of amides is 2. The predicted molar refractivity (Wildman–Crippen MR) is 149 cm³/mol. The molecule has 1 aliphatic heterocycles. The highest BCUT2D eigenvalue weighted by molar-refractivity contribution is 6.33. The number of nitrogens with zero attached hydrogens (tertiary/aromatic N) is 2. The van der Waals surface area contributed by atoms with Crippen LogP contribution in [0, 0.1) is 5.82 Å². The van der Waals surface area contributed by atoms with Crippen molar-refractivity contribution in [3.8, 4) is 11.1 Å². The molecule has 0 saturated carbocycles. The van der Waals surface area contributed by atoms with Crippen LogP contribution in [0.25, 0.3) is 22.0 Å². The van der Waals surface area contributed by atoms with Gasteiger partial charge in [0.15, 0.2) is 11.6 Å². The van der Waals surface area contributed by atoms with Crippen LogP contribution in [0.2, 0.25) is 5.02 Å². The first-order valence-electron chi connectivity index (χ1n) is 12.7. The lowest BCUT2D eigenvalue weighted by Crippen LogP contribution is -2.44. The SMILES string of the molecule is CC(=O)c1cn(CC(=O)N2CC(F)CC2C(=O)Nc2cccc(-c3ccccc3Cl)c2F)c2ccc(C(=O)O)cc12. The van der Waals surface area contributed by atoms with Crippen molar-refractivity contribution in [2.45, 2.75) is 32.1 Å². The van der Waals surface area contributed by atoms with Gasteiger partial charge in [0.05, 0.1) is 17.8 Å². The van der Waals surface area contributed by atoms with E-state index in [0.29, 0.717) is 21.5 Å². The summed E-state index contributed by atoms with van der Waals surface area (Å²) in [5, 5.41) is 12.5. The molecule has 41 heavy (non-hydrogen) atoms. The molecule has 0 spiro atoms. The van der Waals surface area contributed by atoms with Crippen molar-refractivity contribution < 1.29 is 33.1 Å². The van der Waals surface area contributed by atoms with Gasteiger partial charge in [-0.05, 0) is 37.3 Å². The summed E-state index contributed by atoms with van der Waals surface area (Å²) >= 11 is 6.22. The van der Waals surface area contributed by atoms with E-state index < -0.39 is 35.8 Å². The number of carbonyl (C=O) groups is 4. The van der Waals surface area contributed by atoms with E-state index in [2.05, 4.69) is 5.32 Å². The number of nitrogens with one attached hydrogen (secondary N) is 1. The summed E-state index contributed by atoms with van der Waals surface area (Å²) in [5.74, 6) is -3.56. The fraction of sp³-hybridized carbons (Fsp3) is 0.200. The second kappa shape index (κ2) is 11.1. The highest BCUT2D eigenvalue weighted by Gasteiger charge is 2.40. The Morgan fingerprint density at radius 2 is 1.78 bits per heavy atom. The number of hydrogen-bond acceptors (Lipinski definition) is 4. The van der Waals surface area contributed by atoms with Crippen LogP contribution in [0.15, 0.2) is 66.9 Å². The van der Waals surface area contributed by atoms with E-state index >= 15 is 4.39 Å². The highest BCUT2D eigenvalue weighted by Crippen LogP contribution is 2.33. The maximum absolute atomic E-state index is 15.4. The Hall–Kier alpha value is -4.57. The molecule has 1 aromatic heterocycles. The minimum atomic E-state index is -1.47. The number of aromatic carboxylic acids is 1. The Morgan fingerprint density at radius 1 is 1.05 bits per heavy atom. The molecule has 3 aromatic carbocycles. The minimum absolute atomic E-state index is 0.0218. The first-order valence-corrected chi connectivity index (χ1v) is 13.1. The first kappa shape index (κ1) is 28.0. The van der Waals surface area contributed by atoms with E-state index in [9.17, 15) is 28.7 Å². The number of rotatable bonds is 7. The molecule has 0 aliphatic carbocycles. The lowest BCUT2D eigenvalue weighted by molar-refractivity contribution is -0.137. The summed E-state index contributed by atoms with van der Waals surface area (Å²) in [7, 11) is 0. The molecule has 8 nitrogen and oxygen atoms in total. The molecule has 2 atom stereocenters. The molecule has 4 aromatic rings. The second-order valence-electron chi connectivity index (χ2n) is 9.80. The molecule has 1 saturated heterocycles. The Morgan fingerprint density at radius 3 is 2.49 bits per heavy atom. The van der Waals surface area contributed by atoms with Crippen molar-refractivity contribution in [3.05, 3.63) is 88.8 Å². The Balaban J connectivity index is 1.39. The number of aromatic nitrogens is 1. The smallest absolute Gasteiger partial charge is 0.335 e. The van der Waals surface area contributed by atoms with Crippen LogP contribution in [0.5, 0.6) is 0 Å². The van der Waals surface area contributed by atoms with Gasteiger partial charge in [0.25, 0.3) is 0 Å². The van der Waals surface area contributed by atoms with Gasteiger partial charge in [-0.2, -0.15) is 0 Å². The van der Waals surface area contributed by atoms with Gasteiger partial charge in [0, 0.05) is 45.2 Å². The fourth-order valence-corrected chi connectivity index (χ4v) is 5.36. The zero-order chi connectivity index (χ0) is 29.4. The van der Waals surface area contributed by atoms with E-state index in [0.717, 1.165) is 4.90 Å². The topological polar surface area (TPSA) is 109 Å². The number of carbonyl (C=O) groups excluding carboxylic acids is 3. The van der Waals surface area contributed by atoms with Crippen molar-refractivity contribution in [1.82, 2.24) is 9.47 Å². The summed E-state index contributed by atoms with van der Waals surface area (Å²) in [6.45, 7) is 0.660. The van der Waals surface area contributed by atoms with Crippen molar-refractivity contribution in [1.29, 1.82) is 0 Å². The van der Waals surface area contributed by atoms with Crippen molar-refractivity contribution in [3.63, 3.8) is 0 Å². The molecule has 1 aliphatic rings. The molecule has 1 fully saturated rings. The quantitative estimate of drug-likeness (QED) is 0.278. The molecule has 2 amide bonds. The zero-order valence-corrected chi connectivity index (χ0v) is 22.5. The first-order chi connectivity index (χ1) is 19.5. The fourth-order valence-electron chi connectivity index (χ4n) is 5.12. The van der Waals surface area contributed by atoms with Gasteiger partial charge >= 0.3 is 5.97 Å². The van der Waals surface area contributed by atoms with E-state index in [1.165, 1.54) is 48.0 Å². The lowest BCUT2D eigenvalue weighted by Gasteiger charge is -2.24. The van der Waals surface area contributed by atoms with Crippen LogP contribution in [0.4, 0.5) is 14.5 Å². The number of hydrogen-bond donors (Lipinski definition) is 2. The molecule has 0 radical (unpaired) electrons. The minimum Gasteiger partial charge on any atom is -0.478 e. The van der Waals surface area contributed by atoms with Gasteiger partial charge in [0.2, 0.25) is 11.8 Å². The molecule has 2 heterocycles. The summed E-state index contributed by atoms with van der Waals surface area (Å²) in [6.07, 6.45) is -0.304. The van der Waals surface area contributed by atoms with Crippen LogP contribution in [0.3, 0.4) is 0 Å². The number of likely N-dealkylation sites (tertiary alicyclic amines) is 1. The summed E-state index contributed by atoms with van der Waals surface area (Å²) in [5.41, 5.74) is 1.10. The van der Waals surface area contributed by atoms with Crippen LogP contribution in [-0.2, 0) is 16.1 Å². The van der Waals surface area contributed by atoms with E-state index in [4.69, 9.17) is 11.6 Å². The monoisotopic (exact) mass is 579 g/mol. The van der Waals surface area contributed by atoms with Crippen molar-refractivity contribution in [2.75, 3.05) is 11.9 Å². The average molecular weight is 580 g/mol. The maximum atomic E-state index is 15.4. The maximum Gasteiger partial charge on any atom is 0.335 e. The number of carboxylic acid groups (broad SMARTS) is 1. The number of anilines is 1. The largest absolute Gasteiger partial charge is 0.478 e. The number of halogens is 3. The highest BCUT2D eigenvalue weighted by atomic mass is 35.5. The van der Waals surface area contributed by atoms with E-state index in [1.807, 2.05) is 0 Å². The molecule has 11 heteroatoms. The van der Waals surface area contributed by atoms with Crippen LogP contribution in [0.1, 0.15) is 34.1 Å². The lowest BCUT2D eigenvalue weighted by atomic mass is 10.0. The summed E-state index contributed by atoms with van der Waals surface area (Å²) in [6, 6.07) is 14.1.